The Balaban J connectivity index is 1.75. The maximum Gasteiger partial charge on any atom is 0.270 e. The SMILES string of the molecule is CC(C)c1ccc(-c2nnc(NC(=O)c3ccc([N+](=O)[O-])cc3Cl)s2)cc1. The van der Waals surface area contributed by atoms with Crippen LogP contribution in [0.1, 0.15) is 35.7 Å². The van der Waals surface area contributed by atoms with Gasteiger partial charge in [0.25, 0.3) is 11.6 Å². The van der Waals surface area contributed by atoms with Crippen LogP contribution in [0.25, 0.3) is 10.6 Å². The van der Waals surface area contributed by atoms with Crippen molar-refractivity contribution in [3.05, 3.63) is 68.7 Å². The first-order valence-corrected chi connectivity index (χ1v) is 9.23. The quantitative estimate of drug-likeness (QED) is 0.470. The first-order chi connectivity index (χ1) is 12.8. The van der Waals surface area contributed by atoms with Crippen LogP contribution in [0.2, 0.25) is 5.02 Å². The zero-order valence-corrected chi connectivity index (χ0v) is 16.0. The maximum absolute atomic E-state index is 12.4. The van der Waals surface area contributed by atoms with E-state index in [1.807, 2.05) is 24.3 Å². The standard InChI is InChI=1S/C18H15ClN4O3S/c1-10(2)11-3-5-12(6-4-11)17-21-22-18(27-17)20-16(24)14-8-7-13(23(25)26)9-15(14)19/h3-10H,1-2H3,(H,20,22,24). The largest absolute Gasteiger partial charge is 0.296 e. The minimum absolute atomic E-state index is 0.00397. The summed E-state index contributed by atoms with van der Waals surface area (Å²) in [7, 11) is 0. The third-order valence-corrected chi connectivity index (χ3v) is 5.08. The first-order valence-electron chi connectivity index (χ1n) is 8.04. The van der Waals surface area contributed by atoms with Crippen LogP contribution in [0.4, 0.5) is 10.8 Å². The van der Waals surface area contributed by atoms with Gasteiger partial charge in [-0.1, -0.05) is 61.1 Å². The van der Waals surface area contributed by atoms with Crippen LogP contribution < -0.4 is 5.32 Å². The summed E-state index contributed by atoms with van der Waals surface area (Å²) >= 11 is 7.21. The molecular weight excluding hydrogens is 388 g/mol. The van der Waals surface area contributed by atoms with Crippen molar-refractivity contribution in [1.82, 2.24) is 10.2 Å². The van der Waals surface area contributed by atoms with Crippen LogP contribution in [0, 0.1) is 10.1 Å². The fourth-order valence-electron chi connectivity index (χ4n) is 2.37. The predicted molar refractivity (Wildman–Crippen MR) is 105 cm³/mol. The van der Waals surface area contributed by atoms with Crippen molar-refractivity contribution in [1.29, 1.82) is 0 Å². The Labute approximate surface area is 164 Å². The lowest BCUT2D eigenvalue weighted by Crippen LogP contribution is -2.12. The zero-order valence-electron chi connectivity index (χ0n) is 14.5. The van der Waals surface area contributed by atoms with E-state index in [1.165, 1.54) is 29.0 Å². The number of halogens is 1. The predicted octanol–water partition coefficient (Wildman–Crippen LogP) is 5.14. The van der Waals surface area contributed by atoms with Crippen LogP contribution in [0.3, 0.4) is 0 Å². The molecule has 0 spiro atoms. The summed E-state index contributed by atoms with van der Waals surface area (Å²) < 4.78 is 0. The van der Waals surface area contributed by atoms with E-state index >= 15 is 0 Å². The number of anilines is 1. The highest BCUT2D eigenvalue weighted by Gasteiger charge is 2.17. The van der Waals surface area contributed by atoms with Crippen molar-refractivity contribution in [3.63, 3.8) is 0 Å². The Morgan fingerprint density at radius 1 is 1.19 bits per heavy atom. The number of nitro groups is 1. The number of rotatable bonds is 5. The van der Waals surface area contributed by atoms with Gasteiger partial charge in [-0.05, 0) is 17.5 Å². The Morgan fingerprint density at radius 3 is 2.48 bits per heavy atom. The van der Waals surface area contributed by atoms with E-state index in [-0.39, 0.29) is 16.3 Å². The molecule has 3 aromatic rings. The van der Waals surface area contributed by atoms with Gasteiger partial charge in [0.2, 0.25) is 5.13 Å². The summed E-state index contributed by atoms with van der Waals surface area (Å²) in [6, 6.07) is 11.7. The molecule has 2 aromatic carbocycles. The summed E-state index contributed by atoms with van der Waals surface area (Å²) in [5, 5.41) is 22.4. The van der Waals surface area contributed by atoms with E-state index < -0.39 is 10.8 Å². The number of nitrogens with zero attached hydrogens (tertiary/aromatic N) is 3. The second kappa shape index (κ2) is 7.81. The summed E-state index contributed by atoms with van der Waals surface area (Å²) in [4.78, 5) is 22.5. The summed E-state index contributed by atoms with van der Waals surface area (Å²) in [6.45, 7) is 4.24. The average Bonchev–Trinajstić information content (AvgIpc) is 3.09. The topological polar surface area (TPSA) is 98.0 Å². The molecule has 0 radical (unpaired) electrons. The molecule has 9 heteroatoms. The molecule has 27 heavy (non-hydrogen) atoms. The average molecular weight is 403 g/mol. The minimum Gasteiger partial charge on any atom is -0.296 e. The monoisotopic (exact) mass is 402 g/mol. The van der Waals surface area contributed by atoms with E-state index in [9.17, 15) is 14.9 Å². The van der Waals surface area contributed by atoms with Crippen molar-refractivity contribution in [2.24, 2.45) is 0 Å². The van der Waals surface area contributed by atoms with Gasteiger partial charge in [0.1, 0.15) is 5.01 Å². The molecule has 0 aliphatic carbocycles. The van der Waals surface area contributed by atoms with E-state index in [0.717, 1.165) is 11.6 Å². The molecule has 0 saturated heterocycles. The van der Waals surface area contributed by atoms with Crippen molar-refractivity contribution in [3.8, 4) is 10.6 Å². The number of carbonyl (C=O) groups is 1. The number of nitrogens with one attached hydrogen (secondary N) is 1. The Morgan fingerprint density at radius 2 is 1.89 bits per heavy atom. The smallest absolute Gasteiger partial charge is 0.270 e. The highest BCUT2D eigenvalue weighted by molar-refractivity contribution is 7.18. The third-order valence-electron chi connectivity index (χ3n) is 3.88. The van der Waals surface area contributed by atoms with Crippen LogP contribution >= 0.6 is 22.9 Å². The maximum atomic E-state index is 12.4. The van der Waals surface area contributed by atoms with Gasteiger partial charge >= 0.3 is 0 Å². The molecule has 0 aliphatic rings. The molecule has 138 valence electrons. The van der Waals surface area contributed by atoms with Crippen LogP contribution in [-0.2, 0) is 0 Å². The van der Waals surface area contributed by atoms with E-state index in [2.05, 4.69) is 29.4 Å². The number of carbonyl (C=O) groups excluding carboxylic acids is 1. The first kappa shape index (κ1) is 18.9. The van der Waals surface area contributed by atoms with Gasteiger partial charge in [0.15, 0.2) is 0 Å². The number of benzene rings is 2. The molecule has 0 saturated carbocycles. The van der Waals surface area contributed by atoms with Crippen molar-refractivity contribution < 1.29 is 9.72 Å². The lowest BCUT2D eigenvalue weighted by atomic mass is 10.0. The van der Waals surface area contributed by atoms with Crippen molar-refractivity contribution in [2.45, 2.75) is 19.8 Å². The van der Waals surface area contributed by atoms with Crippen LogP contribution in [0.5, 0.6) is 0 Å². The summed E-state index contributed by atoms with van der Waals surface area (Å²) in [5.74, 6) is -0.0671. The molecule has 3 rings (SSSR count). The lowest BCUT2D eigenvalue weighted by Gasteiger charge is -2.05. The molecule has 1 aromatic heterocycles. The molecule has 1 amide bonds. The lowest BCUT2D eigenvalue weighted by molar-refractivity contribution is -0.384. The Hall–Kier alpha value is -2.84. The number of hydrogen-bond donors (Lipinski definition) is 1. The van der Waals surface area contributed by atoms with Gasteiger partial charge in [-0.25, -0.2) is 0 Å². The second-order valence-electron chi connectivity index (χ2n) is 6.06. The number of aromatic nitrogens is 2. The molecule has 1 heterocycles. The zero-order chi connectivity index (χ0) is 19.6. The number of non-ortho nitro benzene ring substituents is 1. The van der Waals surface area contributed by atoms with Crippen molar-refractivity contribution >= 4 is 39.7 Å². The molecule has 0 atom stereocenters. The fourth-order valence-corrected chi connectivity index (χ4v) is 3.37. The minimum atomic E-state index is -0.574. The number of nitro benzene ring substituents is 1. The Bertz CT molecular complexity index is 1000. The van der Waals surface area contributed by atoms with Gasteiger partial charge in [-0.15, -0.1) is 10.2 Å². The van der Waals surface area contributed by atoms with Gasteiger partial charge in [0.05, 0.1) is 15.5 Å². The molecule has 1 N–H and O–H groups in total. The highest BCUT2D eigenvalue weighted by atomic mass is 35.5. The Kier molecular flexibility index (Phi) is 5.48. The van der Waals surface area contributed by atoms with Gasteiger partial charge < -0.3 is 0 Å². The van der Waals surface area contributed by atoms with Gasteiger partial charge in [-0.2, -0.15) is 0 Å². The van der Waals surface area contributed by atoms with Gasteiger partial charge in [-0.3, -0.25) is 20.2 Å². The highest BCUT2D eigenvalue weighted by Crippen LogP contribution is 2.29. The molecule has 7 nitrogen and oxygen atoms in total. The normalized spacial score (nSPS) is 10.8. The van der Waals surface area contributed by atoms with Crippen molar-refractivity contribution in [2.75, 3.05) is 5.32 Å². The number of amides is 1. The van der Waals surface area contributed by atoms with Gasteiger partial charge in [0, 0.05) is 17.7 Å². The van der Waals surface area contributed by atoms with Crippen LogP contribution in [-0.4, -0.2) is 21.0 Å². The third kappa shape index (κ3) is 4.29. The van der Waals surface area contributed by atoms with E-state index in [0.29, 0.717) is 16.1 Å². The second-order valence-corrected chi connectivity index (χ2v) is 7.45. The molecule has 0 unspecified atom stereocenters. The molecule has 0 bridgehead atoms. The fraction of sp³-hybridized carbons (Fsp3) is 0.167. The number of hydrogen-bond acceptors (Lipinski definition) is 6. The van der Waals surface area contributed by atoms with Crippen LogP contribution in [0.15, 0.2) is 42.5 Å². The van der Waals surface area contributed by atoms with E-state index in [4.69, 9.17) is 11.6 Å². The summed E-state index contributed by atoms with van der Waals surface area (Å²) in [5.41, 5.74) is 2.08. The van der Waals surface area contributed by atoms with E-state index in [1.54, 1.807) is 0 Å². The molecular formula is C18H15ClN4O3S. The molecule has 0 fully saturated rings. The summed E-state index contributed by atoms with van der Waals surface area (Å²) in [6.07, 6.45) is 0. The molecule has 0 aliphatic heterocycles.